The number of nitrogens with one attached hydrogen (secondary N) is 2. The van der Waals surface area contributed by atoms with Crippen LogP contribution in [0.5, 0.6) is 0 Å². The number of hydrogen-bond acceptors (Lipinski definition) is 7. The average Bonchev–Trinajstić information content (AvgIpc) is 2.78. The number of nitrogens with two attached hydrogens (primary N) is 1. The Balaban J connectivity index is 1.88. The molecular formula is C23H34N6O3. The second-order valence-corrected chi connectivity index (χ2v) is 8.22. The van der Waals surface area contributed by atoms with E-state index in [0.29, 0.717) is 36.7 Å². The number of carbonyl (C=O) groups is 1. The second-order valence-electron chi connectivity index (χ2n) is 8.22. The molecule has 32 heavy (non-hydrogen) atoms. The van der Waals surface area contributed by atoms with Crippen molar-refractivity contribution in [3.8, 4) is 0 Å². The first-order valence-corrected chi connectivity index (χ1v) is 11.3. The molecule has 0 unspecified atom stereocenters. The molecule has 3 rings (SSSR count). The summed E-state index contributed by atoms with van der Waals surface area (Å²) in [6.45, 7) is 3.07. The van der Waals surface area contributed by atoms with Gasteiger partial charge in [0.2, 0.25) is 5.82 Å². The Hall–Kier alpha value is -2.78. The first kappa shape index (κ1) is 23.9. The lowest BCUT2D eigenvalue weighted by molar-refractivity contribution is 0.0938. The molecule has 2 atom stereocenters. The van der Waals surface area contributed by atoms with Crippen LogP contribution in [0, 0.1) is 6.92 Å². The Bertz CT molecular complexity index is 949. The third-order valence-corrected chi connectivity index (χ3v) is 5.62. The number of fused-ring (bicyclic) bond motifs is 1. The number of carbonyl (C=O) groups excluding carboxylic acids is 1. The van der Waals surface area contributed by atoms with Gasteiger partial charge in [-0.3, -0.25) is 9.79 Å². The lowest BCUT2D eigenvalue weighted by Crippen LogP contribution is -2.37. The van der Waals surface area contributed by atoms with Gasteiger partial charge in [-0.05, 0) is 38.3 Å². The van der Waals surface area contributed by atoms with Crippen molar-refractivity contribution in [3.05, 3.63) is 29.6 Å². The molecule has 1 aliphatic rings. The van der Waals surface area contributed by atoms with Crippen molar-refractivity contribution in [2.75, 3.05) is 32.2 Å². The fourth-order valence-electron chi connectivity index (χ4n) is 3.95. The first-order chi connectivity index (χ1) is 15.5. The Morgan fingerprint density at radius 3 is 2.91 bits per heavy atom. The quantitative estimate of drug-likeness (QED) is 0.252. The van der Waals surface area contributed by atoms with Crippen LogP contribution in [-0.2, 0) is 4.74 Å². The van der Waals surface area contributed by atoms with E-state index in [1.165, 1.54) is 0 Å². The van der Waals surface area contributed by atoms with Gasteiger partial charge in [0, 0.05) is 38.1 Å². The predicted octanol–water partition coefficient (Wildman–Crippen LogP) is 2.17. The molecule has 0 radical (unpaired) electrons. The van der Waals surface area contributed by atoms with Crippen LogP contribution in [0.2, 0.25) is 0 Å². The minimum atomic E-state index is -0.308. The van der Waals surface area contributed by atoms with Gasteiger partial charge in [-0.25, -0.2) is 9.97 Å². The van der Waals surface area contributed by atoms with Crippen LogP contribution in [0.1, 0.15) is 54.7 Å². The maximum absolute atomic E-state index is 12.7. The minimum Gasteiger partial charge on any atom is -0.396 e. The molecule has 1 aromatic carbocycles. The highest BCUT2D eigenvalue weighted by Gasteiger charge is 2.26. The third-order valence-electron chi connectivity index (χ3n) is 5.62. The molecule has 1 aliphatic carbocycles. The lowest BCUT2D eigenvalue weighted by atomic mass is 9.90. The highest BCUT2D eigenvalue weighted by molar-refractivity contribution is 5.96. The number of anilines is 1. The zero-order chi connectivity index (χ0) is 22.9. The largest absolute Gasteiger partial charge is 0.396 e. The molecule has 9 nitrogen and oxygen atoms in total. The number of aryl methyl sites for hydroxylation is 1. The molecule has 9 heteroatoms. The Morgan fingerprint density at radius 1 is 1.31 bits per heavy atom. The highest BCUT2D eigenvalue weighted by atomic mass is 16.5. The van der Waals surface area contributed by atoms with Crippen molar-refractivity contribution in [2.45, 2.75) is 57.5 Å². The van der Waals surface area contributed by atoms with E-state index in [9.17, 15) is 4.79 Å². The minimum absolute atomic E-state index is 0.00329. The number of amidine groups is 1. The van der Waals surface area contributed by atoms with Crippen molar-refractivity contribution in [1.82, 2.24) is 15.3 Å². The number of ether oxygens (including phenoxy) is 1. The number of aliphatic hydroxyl groups is 1. The van der Waals surface area contributed by atoms with Crippen molar-refractivity contribution in [1.29, 1.82) is 0 Å². The predicted molar refractivity (Wildman–Crippen MR) is 126 cm³/mol. The molecule has 1 amide bonds. The summed E-state index contributed by atoms with van der Waals surface area (Å²) in [6.07, 6.45) is 5.09. The molecule has 1 aromatic heterocycles. The van der Waals surface area contributed by atoms with Gasteiger partial charge >= 0.3 is 0 Å². The summed E-state index contributed by atoms with van der Waals surface area (Å²) in [4.78, 5) is 26.4. The first-order valence-electron chi connectivity index (χ1n) is 11.3. The van der Waals surface area contributed by atoms with E-state index in [1.807, 2.05) is 25.1 Å². The van der Waals surface area contributed by atoms with Crippen LogP contribution in [0.4, 0.5) is 5.82 Å². The van der Waals surface area contributed by atoms with Crippen LogP contribution in [0.25, 0.3) is 10.9 Å². The Morgan fingerprint density at radius 2 is 2.12 bits per heavy atom. The van der Waals surface area contributed by atoms with Crippen molar-refractivity contribution in [3.63, 3.8) is 0 Å². The van der Waals surface area contributed by atoms with Crippen LogP contribution in [0.3, 0.4) is 0 Å². The summed E-state index contributed by atoms with van der Waals surface area (Å²) >= 11 is 0. The van der Waals surface area contributed by atoms with E-state index in [4.69, 9.17) is 15.6 Å². The van der Waals surface area contributed by atoms with Crippen molar-refractivity contribution < 1.29 is 14.6 Å². The summed E-state index contributed by atoms with van der Waals surface area (Å²) in [5, 5.41) is 16.4. The van der Waals surface area contributed by atoms with Gasteiger partial charge in [-0.15, -0.1) is 0 Å². The molecule has 0 saturated heterocycles. The van der Waals surface area contributed by atoms with Crippen molar-refractivity contribution in [2.24, 2.45) is 10.7 Å². The molecule has 1 heterocycles. The van der Waals surface area contributed by atoms with Gasteiger partial charge in [0.05, 0.1) is 24.0 Å². The zero-order valence-electron chi connectivity index (χ0n) is 18.9. The molecule has 1 fully saturated rings. The Kier molecular flexibility index (Phi) is 8.75. The zero-order valence-corrected chi connectivity index (χ0v) is 18.9. The molecule has 0 aliphatic heterocycles. The third kappa shape index (κ3) is 6.37. The topological polar surface area (TPSA) is 135 Å². The summed E-state index contributed by atoms with van der Waals surface area (Å²) < 4.78 is 5.03. The number of benzene rings is 1. The standard InChI is InChI=1S/C23H34N6O3/c1-15-8-9-17-16(14-15)21(29-22(27-17)23(31)25-11-5-13-32-2)28-19-7-4-3-6-18(19)26-20(24)10-12-30/h8-9,14,18-19,30H,3-7,10-13H2,1-2H3,(H2,24,26)(H,25,31)(H,27,28,29)/t18-,19+/m1/s1. The smallest absolute Gasteiger partial charge is 0.289 e. The molecule has 174 valence electrons. The Labute approximate surface area is 188 Å². The summed E-state index contributed by atoms with van der Waals surface area (Å²) in [6, 6.07) is 5.95. The van der Waals surface area contributed by atoms with E-state index in [-0.39, 0.29) is 30.4 Å². The monoisotopic (exact) mass is 442 g/mol. The van der Waals surface area contributed by atoms with Gasteiger partial charge in [-0.1, -0.05) is 24.5 Å². The second kappa shape index (κ2) is 11.7. The van der Waals surface area contributed by atoms with E-state index < -0.39 is 0 Å². The number of nitrogens with zero attached hydrogens (tertiary/aromatic N) is 3. The number of aromatic nitrogens is 2. The number of rotatable bonds is 10. The molecule has 1 saturated carbocycles. The number of amides is 1. The summed E-state index contributed by atoms with van der Waals surface area (Å²) in [5.74, 6) is 0.924. The van der Waals surface area contributed by atoms with E-state index in [0.717, 1.165) is 43.1 Å². The normalized spacial score (nSPS) is 19.2. The molecule has 2 aromatic rings. The van der Waals surface area contributed by atoms with Crippen LogP contribution in [0.15, 0.2) is 23.2 Å². The van der Waals surface area contributed by atoms with Gasteiger partial charge in [0.25, 0.3) is 5.91 Å². The lowest BCUT2D eigenvalue weighted by Gasteiger charge is -2.30. The molecular weight excluding hydrogens is 408 g/mol. The van der Waals surface area contributed by atoms with Gasteiger partial charge < -0.3 is 26.2 Å². The molecule has 0 spiro atoms. The number of aliphatic hydroxyl groups excluding tert-OH is 1. The van der Waals surface area contributed by atoms with E-state index >= 15 is 0 Å². The number of methoxy groups -OCH3 is 1. The van der Waals surface area contributed by atoms with Gasteiger partial charge in [0.15, 0.2) is 0 Å². The summed E-state index contributed by atoms with van der Waals surface area (Å²) in [5.41, 5.74) is 7.79. The summed E-state index contributed by atoms with van der Waals surface area (Å²) in [7, 11) is 1.63. The van der Waals surface area contributed by atoms with E-state index in [2.05, 4.69) is 25.6 Å². The number of aliphatic imine (C=N–C) groups is 1. The maximum Gasteiger partial charge on any atom is 0.289 e. The maximum atomic E-state index is 12.7. The average molecular weight is 443 g/mol. The van der Waals surface area contributed by atoms with Crippen LogP contribution in [-0.4, -0.2) is 65.8 Å². The highest BCUT2D eigenvalue weighted by Crippen LogP contribution is 2.28. The SMILES string of the molecule is COCCCNC(=O)c1nc(N[C@H]2CCCC[C@H]2N=C(N)CCO)c2cc(C)ccc2n1. The molecule has 5 N–H and O–H groups in total. The fraction of sp³-hybridized carbons (Fsp3) is 0.565. The molecule has 0 bridgehead atoms. The van der Waals surface area contributed by atoms with Gasteiger partial charge in [0.1, 0.15) is 5.82 Å². The number of hydrogen-bond donors (Lipinski definition) is 4. The van der Waals surface area contributed by atoms with Crippen molar-refractivity contribution >= 4 is 28.5 Å². The van der Waals surface area contributed by atoms with Crippen LogP contribution < -0.4 is 16.4 Å². The van der Waals surface area contributed by atoms with Crippen LogP contribution >= 0.6 is 0 Å². The van der Waals surface area contributed by atoms with E-state index in [1.54, 1.807) is 7.11 Å². The van der Waals surface area contributed by atoms with Gasteiger partial charge in [-0.2, -0.15) is 0 Å². The fourth-order valence-corrected chi connectivity index (χ4v) is 3.95.